The number of hydrogen-bond acceptors (Lipinski definition) is 5. The fourth-order valence-corrected chi connectivity index (χ4v) is 4.16. The molecule has 0 radical (unpaired) electrons. The van der Waals surface area contributed by atoms with Gasteiger partial charge >= 0.3 is 0 Å². The van der Waals surface area contributed by atoms with Gasteiger partial charge in [0.05, 0.1) is 4.92 Å². The van der Waals surface area contributed by atoms with Crippen molar-refractivity contribution in [3.8, 4) is 0 Å². The molecular formula is C13H19N3O4S. The highest BCUT2D eigenvalue weighted by Crippen LogP contribution is 2.36. The Balaban J connectivity index is 2.50. The van der Waals surface area contributed by atoms with E-state index >= 15 is 0 Å². The molecule has 116 valence electrons. The van der Waals surface area contributed by atoms with Gasteiger partial charge in [0.15, 0.2) is 4.90 Å². The third kappa shape index (κ3) is 3.16. The van der Waals surface area contributed by atoms with Gasteiger partial charge in [-0.1, -0.05) is 6.92 Å². The first-order chi connectivity index (χ1) is 9.91. The minimum atomic E-state index is -3.84. The summed E-state index contributed by atoms with van der Waals surface area (Å²) in [7, 11) is -2.21. The molecule has 0 aliphatic heterocycles. The van der Waals surface area contributed by atoms with Crippen LogP contribution < -0.4 is 5.32 Å². The number of nitrogens with one attached hydrogen (secondary N) is 1. The first-order valence-corrected chi connectivity index (χ1v) is 8.33. The third-order valence-corrected chi connectivity index (χ3v) is 5.43. The Labute approximate surface area is 124 Å². The van der Waals surface area contributed by atoms with E-state index in [1.165, 1.54) is 22.5 Å². The lowest BCUT2D eigenvalue weighted by atomic mass is 10.3. The average molecular weight is 313 g/mol. The molecule has 1 aromatic rings. The summed E-state index contributed by atoms with van der Waals surface area (Å²) >= 11 is 0. The molecule has 1 N–H and O–H groups in total. The van der Waals surface area contributed by atoms with Crippen LogP contribution in [0.2, 0.25) is 0 Å². The van der Waals surface area contributed by atoms with Gasteiger partial charge in [0.1, 0.15) is 0 Å². The van der Waals surface area contributed by atoms with Crippen molar-refractivity contribution in [2.45, 2.75) is 37.1 Å². The zero-order chi connectivity index (χ0) is 15.6. The Kier molecular flexibility index (Phi) is 4.48. The fourth-order valence-electron chi connectivity index (χ4n) is 2.24. The van der Waals surface area contributed by atoms with Gasteiger partial charge in [0.2, 0.25) is 10.0 Å². The minimum absolute atomic E-state index is 0.0152. The van der Waals surface area contributed by atoms with E-state index in [9.17, 15) is 18.5 Å². The molecule has 2 rings (SSSR count). The predicted molar refractivity (Wildman–Crippen MR) is 79.8 cm³/mol. The molecule has 21 heavy (non-hydrogen) atoms. The van der Waals surface area contributed by atoms with Gasteiger partial charge in [-0.25, -0.2) is 8.42 Å². The van der Waals surface area contributed by atoms with Crippen molar-refractivity contribution in [3.05, 3.63) is 28.3 Å². The smallest absolute Gasteiger partial charge is 0.291 e. The van der Waals surface area contributed by atoms with Crippen LogP contribution in [0.25, 0.3) is 0 Å². The molecule has 1 saturated carbocycles. The fraction of sp³-hybridized carbons (Fsp3) is 0.538. The number of nitro groups is 1. The lowest BCUT2D eigenvalue weighted by Crippen LogP contribution is -2.34. The maximum absolute atomic E-state index is 12.7. The van der Waals surface area contributed by atoms with E-state index in [1.54, 1.807) is 7.05 Å². The van der Waals surface area contributed by atoms with Gasteiger partial charge in [0.25, 0.3) is 5.69 Å². The van der Waals surface area contributed by atoms with E-state index in [1.807, 2.05) is 6.92 Å². The van der Waals surface area contributed by atoms with Crippen molar-refractivity contribution in [1.29, 1.82) is 0 Å². The van der Waals surface area contributed by atoms with E-state index in [0.717, 1.165) is 12.8 Å². The van der Waals surface area contributed by atoms with E-state index in [-0.39, 0.29) is 16.6 Å². The van der Waals surface area contributed by atoms with Crippen molar-refractivity contribution in [1.82, 2.24) is 4.31 Å². The largest absolute Gasteiger partial charge is 0.388 e. The van der Waals surface area contributed by atoms with Gasteiger partial charge in [-0.15, -0.1) is 0 Å². The number of sulfonamides is 1. The molecule has 0 spiro atoms. The Morgan fingerprint density at radius 2 is 2.10 bits per heavy atom. The summed E-state index contributed by atoms with van der Waals surface area (Å²) in [6.07, 6.45) is 2.32. The molecule has 0 atom stereocenters. The van der Waals surface area contributed by atoms with Crippen LogP contribution in [0.1, 0.15) is 26.2 Å². The van der Waals surface area contributed by atoms with E-state index < -0.39 is 14.9 Å². The van der Waals surface area contributed by atoms with Gasteiger partial charge in [-0.05, 0) is 31.4 Å². The lowest BCUT2D eigenvalue weighted by molar-refractivity contribution is -0.387. The van der Waals surface area contributed by atoms with Crippen molar-refractivity contribution in [3.63, 3.8) is 0 Å². The van der Waals surface area contributed by atoms with Crippen molar-refractivity contribution >= 4 is 21.4 Å². The Morgan fingerprint density at radius 1 is 1.43 bits per heavy atom. The molecule has 1 fully saturated rings. The summed E-state index contributed by atoms with van der Waals surface area (Å²) in [6, 6.07) is 4.09. The Bertz CT molecular complexity index is 641. The number of hydrogen-bond donors (Lipinski definition) is 1. The van der Waals surface area contributed by atoms with Crippen LogP contribution in [-0.4, -0.2) is 37.3 Å². The van der Waals surface area contributed by atoms with Gasteiger partial charge in [-0.2, -0.15) is 4.31 Å². The summed E-state index contributed by atoms with van der Waals surface area (Å²) in [5.41, 5.74) is 0.123. The van der Waals surface area contributed by atoms with Gasteiger partial charge in [-0.3, -0.25) is 10.1 Å². The first kappa shape index (κ1) is 15.7. The van der Waals surface area contributed by atoms with Crippen molar-refractivity contribution < 1.29 is 13.3 Å². The quantitative estimate of drug-likeness (QED) is 0.615. The second-order valence-electron chi connectivity index (χ2n) is 5.04. The van der Waals surface area contributed by atoms with Crippen LogP contribution >= 0.6 is 0 Å². The lowest BCUT2D eigenvalue weighted by Gasteiger charge is -2.21. The number of nitro benzene ring substituents is 1. The molecule has 0 saturated heterocycles. The second-order valence-corrected chi connectivity index (χ2v) is 6.90. The van der Waals surface area contributed by atoms with Crippen molar-refractivity contribution in [2.75, 3.05) is 18.9 Å². The standard InChI is InChI=1S/C13H19N3O4S/c1-3-8-15(11-5-6-11)21(19,20)13-7-4-10(14-2)9-12(13)16(17)18/h4,7,9,11,14H,3,5-6,8H2,1-2H3. The van der Waals surface area contributed by atoms with Crippen LogP contribution in [0.15, 0.2) is 23.1 Å². The summed E-state index contributed by atoms with van der Waals surface area (Å²) in [5.74, 6) is 0. The second kappa shape index (κ2) is 5.98. The van der Waals surface area contributed by atoms with Gasteiger partial charge in [0, 0.05) is 31.4 Å². The van der Waals surface area contributed by atoms with Crippen LogP contribution in [0.5, 0.6) is 0 Å². The predicted octanol–water partition coefficient (Wildman–Crippen LogP) is 2.20. The van der Waals surface area contributed by atoms with E-state index in [4.69, 9.17) is 0 Å². The SMILES string of the molecule is CCCN(C1CC1)S(=O)(=O)c1ccc(NC)cc1[N+](=O)[O-]. The zero-order valence-electron chi connectivity index (χ0n) is 12.1. The minimum Gasteiger partial charge on any atom is -0.388 e. The normalized spacial score (nSPS) is 15.2. The first-order valence-electron chi connectivity index (χ1n) is 6.89. The molecule has 8 heteroatoms. The number of rotatable bonds is 7. The highest BCUT2D eigenvalue weighted by molar-refractivity contribution is 7.89. The molecule has 1 aliphatic rings. The van der Waals surface area contributed by atoms with Crippen LogP contribution in [-0.2, 0) is 10.0 Å². The topological polar surface area (TPSA) is 92.6 Å². The molecular weight excluding hydrogens is 294 g/mol. The van der Waals surface area contributed by atoms with Gasteiger partial charge < -0.3 is 5.32 Å². The third-order valence-electron chi connectivity index (χ3n) is 3.43. The van der Waals surface area contributed by atoms with Crippen LogP contribution in [0.3, 0.4) is 0 Å². The average Bonchev–Trinajstić information content (AvgIpc) is 3.28. The zero-order valence-corrected chi connectivity index (χ0v) is 12.9. The van der Waals surface area contributed by atoms with Crippen molar-refractivity contribution in [2.24, 2.45) is 0 Å². The molecule has 0 unspecified atom stereocenters. The highest BCUT2D eigenvalue weighted by atomic mass is 32.2. The van der Waals surface area contributed by atoms with Crippen LogP contribution in [0.4, 0.5) is 11.4 Å². The maximum atomic E-state index is 12.7. The summed E-state index contributed by atoms with van der Waals surface area (Å²) in [4.78, 5) is 10.3. The molecule has 7 nitrogen and oxygen atoms in total. The molecule has 1 aliphatic carbocycles. The van der Waals surface area contributed by atoms with E-state index in [2.05, 4.69) is 5.32 Å². The van der Waals surface area contributed by atoms with E-state index in [0.29, 0.717) is 18.7 Å². The summed E-state index contributed by atoms with van der Waals surface area (Å²) < 4.78 is 26.9. The number of anilines is 1. The number of benzene rings is 1. The summed E-state index contributed by atoms with van der Waals surface area (Å²) in [6.45, 7) is 2.28. The highest BCUT2D eigenvalue weighted by Gasteiger charge is 2.40. The molecule has 1 aromatic carbocycles. The maximum Gasteiger partial charge on any atom is 0.291 e. The molecule has 0 aromatic heterocycles. The number of nitrogens with zero attached hydrogens (tertiary/aromatic N) is 2. The molecule has 0 heterocycles. The summed E-state index contributed by atoms with van der Waals surface area (Å²) in [5, 5.41) is 14.0. The molecule has 0 amide bonds. The van der Waals surface area contributed by atoms with Crippen LogP contribution in [0, 0.1) is 10.1 Å². The Morgan fingerprint density at radius 3 is 2.57 bits per heavy atom. The Hall–Kier alpha value is -1.67. The monoisotopic (exact) mass is 313 g/mol. The molecule has 0 bridgehead atoms.